The molecule has 1 aromatic heterocycles. The summed E-state index contributed by atoms with van der Waals surface area (Å²) < 4.78 is 26.0. The molecule has 0 saturated heterocycles. The molecule has 0 radical (unpaired) electrons. The van der Waals surface area contributed by atoms with Crippen LogP contribution in [0.3, 0.4) is 0 Å². The van der Waals surface area contributed by atoms with Crippen molar-refractivity contribution in [2.75, 3.05) is 7.05 Å². The van der Waals surface area contributed by atoms with Gasteiger partial charge in [0, 0.05) is 23.7 Å². The van der Waals surface area contributed by atoms with Crippen LogP contribution in [0.2, 0.25) is 0 Å². The van der Waals surface area contributed by atoms with E-state index in [4.69, 9.17) is 0 Å². The van der Waals surface area contributed by atoms with Crippen molar-refractivity contribution in [3.63, 3.8) is 0 Å². The second-order valence-electron chi connectivity index (χ2n) is 3.18. The standard InChI is InChI=1S/C10H10F2N2/c1-13-5-8-3-6-2-7(11)4-9(12)10(6)14-8/h2-4,13-14H,5H2,1H3. The number of rotatable bonds is 2. The summed E-state index contributed by atoms with van der Waals surface area (Å²) in [6, 6.07) is 3.92. The summed E-state index contributed by atoms with van der Waals surface area (Å²) >= 11 is 0. The molecular weight excluding hydrogens is 186 g/mol. The predicted molar refractivity (Wildman–Crippen MR) is 51.0 cm³/mol. The molecule has 1 heterocycles. The van der Waals surface area contributed by atoms with Crippen LogP contribution in [-0.4, -0.2) is 12.0 Å². The number of aromatic amines is 1. The molecule has 74 valence electrons. The predicted octanol–water partition coefficient (Wildman–Crippen LogP) is 2.17. The normalized spacial score (nSPS) is 11.1. The van der Waals surface area contributed by atoms with Crippen molar-refractivity contribution in [2.24, 2.45) is 0 Å². The molecule has 1 aromatic carbocycles. The fraction of sp³-hybridized carbons (Fsp3) is 0.200. The van der Waals surface area contributed by atoms with Crippen LogP contribution in [0.4, 0.5) is 8.78 Å². The summed E-state index contributed by atoms with van der Waals surface area (Å²) in [5.74, 6) is -1.10. The summed E-state index contributed by atoms with van der Waals surface area (Å²) in [5.41, 5.74) is 1.20. The van der Waals surface area contributed by atoms with E-state index in [1.807, 2.05) is 0 Å². The van der Waals surface area contributed by atoms with Gasteiger partial charge < -0.3 is 10.3 Å². The zero-order valence-electron chi connectivity index (χ0n) is 7.70. The first kappa shape index (κ1) is 9.15. The average Bonchev–Trinajstić information content (AvgIpc) is 2.48. The lowest BCUT2D eigenvalue weighted by molar-refractivity contribution is 0.590. The van der Waals surface area contributed by atoms with Crippen molar-refractivity contribution in [1.82, 2.24) is 10.3 Å². The van der Waals surface area contributed by atoms with Crippen molar-refractivity contribution in [3.05, 3.63) is 35.5 Å². The van der Waals surface area contributed by atoms with Gasteiger partial charge in [0.2, 0.25) is 0 Å². The monoisotopic (exact) mass is 196 g/mol. The Kier molecular flexibility index (Phi) is 2.21. The zero-order chi connectivity index (χ0) is 10.1. The first-order chi connectivity index (χ1) is 6.70. The fourth-order valence-electron chi connectivity index (χ4n) is 1.51. The van der Waals surface area contributed by atoms with Crippen LogP contribution < -0.4 is 5.32 Å². The Hall–Kier alpha value is -1.42. The molecule has 0 bridgehead atoms. The highest BCUT2D eigenvalue weighted by Crippen LogP contribution is 2.20. The minimum absolute atomic E-state index is 0.358. The molecule has 0 aliphatic carbocycles. The number of fused-ring (bicyclic) bond motifs is 1. The zero-order valence-corrected chi connectivity index (χ0v) is 7.70. The SMILES string of the molecule is CNCc1cc2cc(F)cc(F)c2[nH]1. The molecule has 0 aliphatic rings. The van der Waals surface area contributed by atoms with Gasteiger partial charge in [0.05, 0.1) is 5.52 Å². The minimum atomic E-state index is -0.553. The third-order valence-corrected chi connectivity index (χ3v) is 2.07. The van der Waals surface area contributed by atoms with E-state index >= 15 is 0 Å². The van der Waals surface area contributed by atoms with E-state index in [-0.39, 0.29) is 0 Å². The van der Waals surface area contributed by atoms with Gasteiger partial charge in [0.1, 0.15) is 11.6 Å². The average molecular weight is 196 g/mol. The summed E-state index contributed by atoms with van der Waals surface area (Å²) in [7, 11) is 1.79. The smallest absolute Gasteiger partial charge is 0.150 e. The van der Waals surface area contributed by atoms with E-state index in [1.165, 1.54) is 6.07 Å². The second kappa shape index (κ2) is 3.38. The number of halogens is 2. The maximum atomic E-state index is 13.2. The highest BCUT2D eigenvalue weighted by atomic mass is 19.1. The molecule has 0 amide bonds. The van der Waals surface area contributed by atoms with Crippen LogP contribution in [0.1, 0.15) is 5.69 Å². The maximum Gasteiger partial charge on any atom is 0.150 e. The molecule has 0 fully saturated rings. The fourth-order valence-corrected chi connectivity index (χ4v) is 1.51. The first-order valence-electron chi connectivity index (χ1n) is 4.32. The Morgan fingerprint density at radius 1 is 1.29 bits per heavy atom. The molecular formula is C10H10F2N2. The molecule has 0 aliphatic heterocycles. The minimum Gasteiger partial charge on any atom is -0.355 e. The molecule has 2 rings (SSSR count). The van der Waals surface area contributed by atoms with Gasteiger partial charge in [-0.3, -0.25) is 0 Å². The molecule has 2 nitrogen and oxygen atoms in total. The Bertz CT molecular complexity index is 462. The van der Waals surface area contributed by atoms with Crippen LogP contribution in [0.15, 0.2) is 18.2 Å². The molecule has 0 saturated carbocycles. The van der Waals surface area contributed by atoms with Gasteiger partial charge in [0.15, 0.2) is 0 Å². The Morgan fingerprint density at radius 2 is 2.07 bits per heavy atom. The molecule has 4 heteroatoms. The number of hydrogen-bond donors (Lipinski definition) is 2. The lowest BCUT2D eigenvalue weighted by Crippen LogP contribution is -2.04. The lowest BCUT2D eigenvalue weighted by atomic mass is 10.2. The third-order valence-electron chi connectivity index (χ3n) is 2.07. The van der Waals surface area contributed by atoms with Crippen molar-refractivity contribution in [1.29, 1.82) is 0 Å². The molecule has 0 unspecified atom stereocenters. The largest absolute Gasteiger partial charge is 0.355 e. The second-order valence-corrected chi connectivity index (χ2v) is 3.18. The number of aromatic nitrogens is 1. The summed E-state index contributed by atoms with van der Waals surface area (Å²) in [6.07, 6.45) is 0. The maximum absolute atomic E-state index is 13.2. The van der Waals surface area contributed by atoms with E-state index < -0.39 is 11.6 Å². The van der Waals surface area contributed by atoms with Gasteiger partial charge in [-0.05, 0) is 19.2 Å². The van der Waals surface area contributed by atoms with E-state index in [1.54, 1.807) is 13.1 Å². The van der Waals surface area contributed by atoms with Gasteiger partial charge >= 0.3 is 0 Å². The number of nitrogens with one attached hydrogen (secondary N) is 2. The quantitative estimate of drug-likeness (QED) is 0.756. The first-order valence-corrected chi connectivity index (χ1v) is 4.32. The molecule has 2 aromatic rings. The topological polar surface area (TPSA) is 27.8 Å². The third kappa shape index (κ3) is 1.48. The van der Waals surface area contributed by atoms with Crippen molar-refractivity contribution >= 4 is 10.9 Å². The number of benzene rings is 1. The lowest BCUT2D eigenvalue weighted by Gasteiger charge is -1.93. The molecule has 0 spiro atoms. The van der Waals surface area contributed by atoms with Gasteiger partial charge in [-0.15, -0.1) is 0 Å². The van der Waals surface area contributed by atoms with Crippen LogP contribution in [0, 0.1) is 11.6 Å². The summed E-state index contributed by atoms with van der Waals surface area (Å²) in [5, 5.41) is 3.49. The van der Waals surface area contributed by atoms with Crippen LogP contribution in [0.25, 0.3) is 10.9 Å². The van der Waals surface area contributed by atoms with Crippen LogP contribution >= 0.6 is 0 Å². The number of hydrogen-bond acceptors (Lipinski definition) is 1. The van der Waals surface area contributed by atoms with Gasteiger partial charge in [-0.2, -0.15) is 0 Å². The Labute approximate surface area is 79.9 Å². The highest BCUT2D eigenvalue weighted by Gasteiger charge is 2.06. The van der Waals surface area contributed by atoms with Crippen LogP contribution in [-0.2, 0) is 6.54 Å². The molecule has 14 heavy (non-hydrogen) atoms. The van der Waals surface area contributed by atoms with Crippen molar-refractivity contribution < 1.29 is 8.78 Å². The van der Waals surface area contributed by atoms with E-state index in [2.05, 4.69) is 10.3 Å². The van der Waals surface area contributed by atoms with E-state index in [0.29, 0.717) is 17.4 Å². The van der Waals surface area contributed by atoms with Gasteiger partial charge in [0.25, 0.3) is 0 Å². The summed E-state index contributed by atoms with van der Waals surface area (Å²) in [4.78, 5) is 2.89. The Balaban J connectivity index is 2.58. The van der Waals surface area contributed by atoms with Crippen molar-refractivity contribution in [2.45, 2.75) is 6.54 Å². The van der Waals surface area contributed by atoms with Gasteiger partial charge in [-0.25, -0.2) is 8.78 Å². The van der Waals surface area contributed by atoms with Crippen LogP contribution in [0.5, 0.6) is 0 Å². The van der Waals surface area contributed by atoms with E-state index in [0.717, 1.165) is 11.8 Å². The van der Waals surface area contributed by atoms with Gasteiger partial charge in [-0.1, -0.05) is 0 Å². The molecule has 2 N–H and O–H groups in total. The summed E-state index contributed by atoms with van der Waals surface area (Å²) in [6.45, 7) is 0.607. The van der Waals surface area contributed by atoms with Crippen molar-refractivity contribution in [3.8, 4) is 0 Å². The number of H-pyrrole nitrogens is 1. The molecule has 0 atom stereocenters. The highest BCUT2D eigenvalue weighted by molar-refractivity contribution is 5.81. The Morgan fingerprint density at radius 3 is 2.79 bits per heavy atom. The van der Waals surface area contributed by atoms with E-state index in [9.17, 15) is 8.78 Å².